The molecule has 1 saturated heterocycles. The number of nitrogens with two attached hydrogens (primary N) is 1. The van der Waals surface area contributed by atoms with Gasteiger partial charge in [0, 0.05) is 18.1 Å². The fourth-order valence-electron chi connectivity index (χ4n) is 2.45. The van der Waals surface area contributed by atoms with Gasteiger partial charge in [0.1, 0.15) is 0 Å². The molecule has 1 atom stereocenters. The van der Waals surface area contributed by atoms with Crippen molar-refractivity contribution in [3.63, 3.8) is 0 Å². The van der Waals surface area contributed by atoms with Crippen LogP contribution in [0.4, 0.5) is 11.4 Å². The van der Waals surface area contributed by atoms with Crippen LogP contribution in [0.15, 0.2) is 18.2 Å². The summed E-state index contributed by atoms with van der Waals surface area (Å²) in [7, 11) is 0. The Morgan fingerprint density at radius 2 is 2.11 bits per heavy atom. The van der Waals surface area contributed by atoms with Crippen LogP contribution < -0.4 is 11.1 Å². The van der Waals surface area contributed by atoms with Crippen LogP contribution in [0.25, 0.3) is 0 Å². The smallest absolute Gasteiger partial charge is 0.0575 e. The van der Waals surface area contributed by atoms with Gasteiger partial charge in [-0.3, -0.25) is 0 Å². The minimum absolute atomic E-state index is 0.623. The molecule has 0 aliphatic carbocycles. The van der Waals surface area contributed by atoms with Gasteiger partial charge in [-0.2, -0.15) is 0 Å². The zero-order chi connectivity index (χ0) is 13.0. The Labute approximate surface area is 114 Å². The van der Waals surface area contributed by atoms with E-state index in [1.54, 1.807) is 6.07 Å². The lowest BCUT2D eigenvalue weighted by atomic mass is 10.1. The van der Waals surface area contributed by atoms with E-state index in [0.29, 0.717) is 10.9 Å². The lowest BCUT2D eigenvalue weighted by Gasteiger charge is -2.21. The molecule has 3 N–H and O–H groups in total. The van der Waals surface area contributed by atoms with Crippen LogP contribution in [-0.4, -0.2) is 31.1 Å². The highest BCUT2D eigenvalue weighted by atomic mass is 35.5. The molecule has 1 aromatic rings. The Morgan fingerprint density at radius 1 is 1.39 bits per heavy atom. The van der Waals surface area contributed by atoms with E-state index in [4.69, 9.17) is 17.3 Å². The number of nitrogens with one attached hydrogen (secondary N) is 1. The number of nitrogen functional groups attached to an aromatic ring is 1. The van der Waals surface area contributed by atoms with E-state index in [1.165, 1.54) is 32.5 Å². The summed E-state index contributed by atoms with van der Waals surface area (Å²) in [4.78, 5) is 2.54. The van der Waals surface area contributed by atoms with Gasteiger partial charge in [-0.15, -0.1) is 0 Å². The summed E-state index contributed by atoms with van der Waals surface area (Å²) in [6, 6.07) is 5.60. The monoisotopic (exact) mass is 267 g/mol. The lowest BCUT2D eigenvalue weighted by Crippen LogP contribution is -2.28. The first-order chi connectivity index (χ1) is 8.65. The van der Waals surface area contributed by atoms with E-state index >= 15 is 0 Å². The van der Waals surface area contributed by atoms with Crippen molar-refractivity contribution in [2.45, 2.75) is 19.8 Å². The van der Waals surface area contributed by atoms with Crippen molar-refractivity contribution in [3.05, 3.63) is 23.2 Å². The Morgan fingerprint density at radius 3 is 2.78 bits per heavy atom. The molecule has 1 aliphatic rings. The second kappa shape index (κ2) is 6.30. The predicted octanol–water partition coefficient (Wildman–Crippen LogP) is 3.07. The summed E-state index contributed by atoms with van der Waals surface area (Å²) in [5.74, 6) is 0.623. The van der Waals surface area contributed by atoms with Gasteiger partial charge in [-0.25, -0.2) is 0 Å². The van der Waals surface area contributed by atoms with E-state index in [2.05, 4.69) is 17.1 Å². The highest BCUT2D eigenvalue weighted by molar-refractivity contribution is 6.31. The third kappa shape index (κ3) is 3.79. The van der Waals surface area contributed by atoms with Crippen molar-refractivity contribution in [1.82, 2.24) is 4.90 Å². The first-order valence-electron chi connectivity index (χ1n) is 6.66. The second-order valence-corrected chi connectivity index (χ2v) is 5.66. The van der Waals surface area contributed by atoms with Gasteiger partial charge in [0.2, 0.25) is 0 Å². The van der Waals surface area contributed by atoms with Gasteiger partial charge in [0.05, 0.1) is 11.4 Å². The van der Waals surface area contributed by atoms with Crippen LogP contribution >= 0.6 is 11.6 Å². The third-order valence-electron chi connectivity index (χ3n) is 3.42. The molecule has 1 aromatic carbocycles. The molecule has 0 radical (unpaired) electrons. The van der Waals surface area contributed by atoms with Crippen LogP contribution in [0.3, 0.4) is 0 Å². The maximum absolute atomic E-state index is 5.91. The van der Waals surface area contributed by atoms with E-state index in [1.807, 2.05) is 12.1 Å². The molecular weight excluding hydrogens is 246 g/mol. The molecule has 0 spiro atoms. The minimum atomic E-state index is 0.623. The molecule has 0 bridgehead atoms. The van der Waals surface area contributed by atoms with Crippen LogP contribution in [0.2, 0.25) is 5.02 Å². The fourth-order valence-corrected chi connectivity index (χ4v) is 2.63. The van der Waals surface area contributed by atoms with Crippen molar-refractivity contribution >= 4 is 23.0 Å². The molecule has 1 heterocycles. The maximum atomic E-state index is 5.91. The molecule has 4 heteroatoms. The third-order valence-corrected chi connectivity index (χ3v) is 3.66. The average molecular weight is 268 g/mol. The quantitative estimate of drug-likeness (QED) is 0.806. The van der Waals surface area contributed by atoms with Gasteiger partial charge >= 0.3 is 0 Å². The molecule has 100 valence electrons. The Bertz CT molecular complexity index is 389. The normalized spacial score (nSPS) is 17.9. The fraction of sp³-hybridized carbons (Fsp3) is 0.571. The van der Waals surface area contributed by atoms with Crippen molar-refractivity contribution < 1.29 is 0 Å². The van der Waals surface area contributed by atoms with Crippen LogP contribution in [0.5, 0.6) is 0 Å². The van der Waals surface area contributed by atoms with Crippen LogP contribution in [0.1, 0.15) is 19.8 Å². The number of rotatable bonds is 5. The standard InChI is InChI=1S/C14H22ClN3/c1-11(10-18-6-2-3-7-18)9-17-14-5-4-12(15)8-13(14)16/h4-5,8,11,17H,2-3,6-7,9-10,16H2,1H3. The molecule has 0 amide bonds. The Balaban J connectivity index is 1.79. The molecule has 1 aliphatic heterocycles. The topological polar surface area (TPSA) is 41.3 Å². The van der Waals surface area contributed by atoms with Gasteiger partial charge < -0.3 is 16.0 Å². The van der Waals surface area contributed by atoms with Crippen molar-refractivity contribution in [2.24, 2.45) is 5.92 Å². The molecule has 3 nitrogen and oxygen atoms in total. The van der Waals surface area contributed by atoms with Gasteiger partial charge in [0.25, 0.3) is 0 Å². The zero-order valence-corrected chi connectivity index (χ0v) is 11.7. The maximum Gasteiger partial charge on any atom is 0.0575 e. The van der Waals surface area contributed by atoms with Crippen molar-refractivity contribution in [1.29, 1.82) is 0 Å². The molecule has 0 saturated carbocycles. The number of benzene rings is 1. The van der Waals surface area contributed by atoms with E-state index in [9.17, 15) is 0 Å². The molecule has 2 rings (SSSR count). The van der Waals surface area contributed by atoms with Crippen molar-refractivity contribution in [3.8, 4) is 0 Å². The summed E-state index contributed by atoms with van der Waals surface area (Å²) in [5, 5.41) is 4.09. The summed E-state index contributed by atoms with van der Waals surface area (Å²) < 4.78 is 0. The van der Waals surface area contributed by atoms with Crippen LogP contribution in [0, 0.1) is 5.92 Å². The highest BCUT2D eigenvalue weighted by Crippen LogP contribution is 2.23. The molecular formula is C14H22ClN3. The average Bonchev–Trinajstić information content (AvgIpc) is 2.80. The first-order valence-corrected chi connectivity index (χ1v) is 7.04. The number of likely N-dealkylation sites (tertiary alicyclic amines) is 1. The number of anilines is 2. The first kappa shape index (κ1) is 13.5. The SMILES string of the molecule is CC(CNc1ccc(Cl)cc1N)CN1CCCC1. The summed E-state index contributed by atoms with van der Waals surface area (Å²) in [6.45, 7) is 6.90. The number of nitrogens with zero attached hydrogens (tertiary/aromatic N) is 1. The lowest BCUT2D eigenvalue weighted by molar-refractivity contribution is 0.294. The Kier molecular flexibility index (Phi) is 4.72. The van der Waals surface area contributed by atoms with Gasteiger partial charge in [0.15, 0.2) is 0 Å². The second-order valence-electron chi connectivity index (χ2n) is 5.23. The van der Waals surface area contributed by atoms with Crippen LogP contribution in [-0.2, 0) is 0 Å². The number of halogens is 1. The van der Waals surface area contributed by atoms with Gasteiger partial charge in [-0.05, 0) is 50.0 Å². The summed E-state index contributed by atoms with van der Waals surface area (Å²) >= 11 is 5.88. The minimum Gasteiger partial charge on any atom is -0.397 e. The molecule has 0 aromatic heterocycles. The molecule has 1 fully saturated rings. The van der Waals surface area contributed by atoms with Crippen molar-refractivity contribution in [2.75, 3.05) is 37.2 Å². The number of hydrogen-bond donors (Lipinski definition) is 2. The molecule has 18 heavy (non-hydrogen) atoms. The van der Waals surface area contributed by atoms with E-state index in [-0.39, 0.29) is 0 Å². The summed E-state index contributed by atoms with van der Waals surface area (Å²) in [5.41, 5.74) is 7.61. The largest absolute Gasteiger partial charge is 0.397 e. The zero-order valence-electron chi connectivity index (χ0n) is 11.0. The summed E-state index contributed by atoms with van der Waals surface area (Å²) in [6.07, 6.45) is 2.70. The predicted molar refractivity (Wildman–Crippen MR) is 79.2 cm³/mol. The van der Waals surface area contributed by atoms with Gasteiger partial charge in [-0.1, -0.05) is 18.5 Å². The van der Waals surface area contributed by atoms with E-state index < -0.39 is 0 Å². The highest BCUT2D eigenvalue weighted by Gasteiger charge is 2.14. The van der Waals surface area contributed by atoms with E-state index in [0.717, 1.165) is 17.9 Å². The molecule has 1 unspecified atom stereocenters. The number of hydrogen-bond acceptors (Lipinski definition) is 3. The Hall–Kier alpha value is -0.930.